The topological polar surface area (TPSA) is 30.5 Å². The molecule has 0 aromatic heterocycles. The maximum absolute atomic E-state index is 5.46. The van der Waals surface area contributed by atoms with Crippen molar-refractivity contribution < 1.29 is 9.47 Å². The molecule has 0 aliphatic heterocycles. The maximum atomic E-state index is 5.46. The highest BCUT2D eigenvalue weighted by molar-refractivity contribution is 5.45. The molecule has 2 aromatic carbocycles. The molecular weight excluding hydrogens is 250 g/mol. The first-order valence-corrected chi connectivity index (χ1v) is 6.66. The zero-order valence-electron chi connectivity index (χ0n) is 12.4. The van der Waals surface area contributed by atoms with Crippen LogP contribution in [0.1, 0.15) is 22.7 Å². The number of methoxy groups -OCH3 is 2. The van der Waals surface area contributed by atoms with Crippen LogP contribution in [-0.2, 0) is 0 Å². The van der Waals surface area contributed by atoms with E-state index in [1.54, 1.807) is 14.2 Å². The molecule has 0 heterocycles. The second-order valence-electron chi connectivity index (χ2n) is 4.69. The second kappa shape index (κ2) is 6.44. The van der Waals surface area contributed by atoms with E-state index in [1.165, 1.54) is 5.56 Å². The van der Waals surface area contributed by atoms with Crippen molar-refractivity contribution in [1.29, 1.82) is 0 Å². The summed E-state index contributed by atoms with van der Waals surface area (Å²) in [6.07, 6.45) is 0. The number of ether oxygens (including phenoxy) is 2. The van der Waals surface area contributed by atoms with Gasteiger partial charge in [0.1, 0.15) is 11.5 Å². The predicted molar refractivity (Wildman–Crippen MR) is 81.6 cm³/mol. The Balaban J connectivity index is 2.44. The first-order valence-electron chi connectivity index (χ1n) is 6.66. The molecule has 0 saturated heterocycles. The van der Waals surface area contributed by atoms with E-state index in [2.05, 4.69) is 30.4 Å². The van der Waals surface area contributed by atoms with Crippen LogP contribution in [0.3, 0.4) is 0 Å². The lowest BCUT2D eigenvalue weighted by Gasteiger charge is -2.20. The molecule has 3 heteroatoms. The molecule has 1 unspecified atom stereocenters. The van der Waals surface area contributed by atoms with Crippen LogP contribution in [0.5, 0.6) is 11.5 Å². The van der Waals surface area contributed by atoms with Crippen molar-refractivity contribution in [3.05, 3.63) is 59.2 Å². The van der Waals surface area contributed by atoms with Gasteiger partial charge in [0.2, 0.25) is 0 Å². The number of para-hydroxylation sites is 1. The Labute approximate surface area is 120 Å². The van der Waals surface area contributed by atoms with E-state index >= 15 is 0 Å². The average Bonchev–Trinajstić information content (AvgIpc) is 2.49. The minimum atomic E-state index is 0.0933. The van der Waals surface area contributed by atoms with Crippen LogP contribution in [0.2, 0.25) is 0 Å². The molecular formula is C17H21NO2. The third-order valence-corrected chi connectivity index (χ3v) is 3.49. The summed E-state index contributed by atoms with van der Waals surface area (Å²) < 4.78 is 10.8. The Bertz CT molecular complexity index is 581. The van der Waals surface area contributed by atoms with E-state index < -0.39 is 0 Å². The normalized spacial score (nSPS) is 12.0. The number of hydrogen-bond acceptors (Lipinski definition) is 3. The van der Waals surface area contributed by atoms with Gasteiger partial charge in [-0.25, -0.2) is 0 Å². The minimum absolute atomic E-state index is 0.0933. The highest BCUT2D eigenvalue weighted by Gasteiger charge is 2.16. The van der Waals surface area contributed by atoms with Crippen LogP contribution >= 0.6 is 0 Å². The van der Waals surface area contributed by atoms with Crippen molar-refractivity contribution in [2.45, 2.75) is 13.0 Å². The largest absolute Gasteiger partial charge is 0.496 e. The standard InChI is InChI=1S/C17H21NO2/c1-12-11-13(9-10-15(12)19-3)17(18-2)14-7-5-6-8-16(14)20-4/h5-11,17-18H,1-4H3. The highest BCUT2D eigenvalue weighted by atomic mass is 16.5. The van der Waals surface area contributed by atoms with Crippen molar-refractivity contribution in [2.24, 2.45) is 0 Å². The smallest absolute Gasteiger partial charge is 0.123 e. The van der Waals surface area contributed by atoms with Crippen LogP contribution in [0, 0.1) is 6.92 Å². The SMILES string of the molecule is CNC(c1ccc(OC)c(C)c1)c1ccccc1OC. The fourth-order valence-corrected chi connectivity index (χ4v) is 2.49. The number of rotatable bonds is 5. The van der Waals surface area contributed by atoms with Gasteiger partial charge in [-0.15, -0.1) is 0 Å². The molecule has 20 heavy (non-hydrogen) atoms. The first-order chi connectivity index (χ1) is 9.71. The minimum Gasteiger partial charge on any atom is -0.496 e. The van der Waals surface area contributed by atoms with Crippen LogP contribution in [0.15, 0.2) is 42.5 Å². The van der Waals surface area contributed by atoms with Crippen LogP contribution < -0.4 is 14.8 Å². The van der Waals surface area contributed by atoms with Gasteiger partial charge in [-0.2, -0.15) is 0 Å². The molecule has 0 radical (unpaired) electrons. The van der Waals surface area contributed by atoms with E-state index in [9.17, 15) is 0 Å². The molecule has 0 spiro atoms. The summed E-state index contributed by atoms with van der Waals surface area (Å²) >= 11 is 0. The van der Waals surface area contributed by atoms with Crippen molar-refractivity contribution >= 4 is 0 Å². The lowest BCUT2D eigenvalue weighted by molar-refractivity contribution is 0.405. The van der Waals surface area contributed by atoms with Gasteiger partial charge in [0.25, 0.3) is 0 Å². The number of hydrogen-bond donors (Lipinski definition) is 1. The van der Waals surface area contributed by atoms with Crippen LogP contribution in [-0.4, -0.2) is 21.3 Å². The molecule has 0 aliphatic rings. The third-order valence-electron chi connectivity index (χ3n) is 3.49. The Kier molecular flexibility index (Phi) is 4.64. The van der Waals surface area contributed by atoms with Crippen LogP contribution in [0.25, 0.3) is 0 Å². The zero-order chi connectivity index (χ0) is 14.5. The molecule has 0 bridgehead atoms. The zero-order valence-corrected chi connectivity index (χ0v) is 12.4. The van der Waals surface area contributed by atoms with Gasteiger partial charge < -0.3 is 14.8 Å². The molecule has 1 N–H and O–H groups in total. The molecule has 2 aromatic rings. The fraction of sp³-hybridized carbons (Fsp3) is 0.294. The molecule has 2 rings (SSSR count). The predicted octanol–water partition coefficient (Wildman–Crippen LogP) is 3.32. The molecule has 3 nitrogen and oxygen atoms in total. The Hall–Kier alpha value is -2.00. The number of benzene rings is 2. The Morgan fingerprint density at radius 3 is 2.25 bits per heavy atom. The first kappa shape index (κ1) is 14.4. The monoisotopic (exact) mass is 271 g/mol. The average molecular weight is 271 g/mol. The molecule has 0 saturated carbocycles. The van der Waals surface area contributed by atoms with E-state index in [1.807, 2.05) is 31.3 Å². The van der Waals surface area contributed by atoms with Gasteiger partial charge >= 0.3 is 0 Å². The third kappa shape index (κ3) is 2.78. The molecule has 0 amide bonds. The van der Waals surface area contributed by atoms with Gasteiger partial charge in [-0.1, -0.05) is 30.3 Å². The van der Waals surface area contributed by atoms with E-state index in [-0.39, 0.29) is 6.04 Å². The highest BCUT2D eigenvalue weighted by Crippen LogP contribution is 2.31. The van der Waals surface area contributed by atoms with Crippen molar-refractivity contribution in [2.75, 3.05) is 21.3 Å². The van der Waals surface area contributed by atoms with Gasteiger partial charge in [-0.3, -0.25) is 0 Å². The summed E-state index contributed by atoms with van der Waals surface area (Å²) in [5.74, 6) is 1.80. The van der Waals surface area contributed by atoms with E-state index in [0.29, 0.717) is 0 Å². The van der Waals surface area contributed by atoms with Crippen LogP contribution in [0.4, 0.5) is 0 Å². The Morgan fingerprint density at radius 2 is 1.65 bits per heavy atom. The number of aryl methyl sites for hydroxylation is 1. The summed E-state index contributed by atoms with van der Waals surface area (Å²) in [4.78, 5) is 0. The fourth-order valence-electron chi connectivity index (χ4n) is 2.49. The van der Waals surface area contributed by atoms with Gasteiger partial charge in [0.05, 0.1) is 20.3 Å². The molecule has 0 aliphatic carbocycles. The van der Waals surface area contributed by atoms with Crippen molar-refractivity contribution in [3.8, 4) is 11.5 Å². The van der Waals surface area contributed by atoms with E-state index in [4.69, 9.17) is 9.47 Å². The summed E-state index contributed by atoms with van der Waals surface area (Å²) in [5, 5.41) is 3.35. The lowest BCUT2D eigenvalue weighted by atomic mass is 9.96. The quantitative estimate of drug-likeness (QED) is 0.905. The maximum Gasteiger partial charge on any atom is 0.123 e. The number of nitrogens with one attached hydrogen (secondary N) is 1. The van der Waals surface area contributed by atoms with Gasteiger partial charge in [0.15, 0.2) is 0 Å². The van der Waals surface area contributed by atoms with Crippen molar-refractivity contribution in [1.82, 2.24) is 5.32 Å². The molecule has 106 valence electrons. The summed E-state index contributed by atoms with van der Waals surface area (Å²) in [7, 11) is 5.35. The van der Waals surface area contributed by atoms with Crippen molar-refractivity contribution in [3.63, 3.8) is 0 Å². The van der Waals surface area contributed by atoms with Gasteiger partial charge in [-0.05, 0) is 37.2 Å². The van der Waals surface area contributed by atoms with E-state index in [0.717, 1.165) is 22.6 Å². The molecule has 0 fully saturated rings. The van der Waals surface area contributed by atoms with Gasteiger partial charge in [0, 0.05) is 5.56 Å². The summed E-state index contributed by atoms with van der Waals surface area (Å²) in [6, 6.07) is 14.4. The summed E-state index contributed by atoms with van der Waals surface area (Å²) in [6.45, 7) is 2.05. The Morgan fingerprint density at radius 1 is 0.950 bits per heavy atom. The second-order valence-corrected chi connectivity index (χ2v) is 4.69. The summed E-state index contributed by atoms with van der Waals surface area (Å²) in [5.41, 5.74) is 3.44. The lowest BCUT2D eigenvalue weighted by Crippen LogP contribution is -2.18. The molecule has 1 atom stereocenters.